The summed E-state index contributed by atoms with van der Waals surface area (Å²) in [4.78, 5) is 30.7. The van der Waals surface area contributed by atoms with E-state index in [9.17, 15) is 9.59 Å². The van der Waals surface area contributed by atoms with Crippen LogP contribution in [0.25, 0.3) is 0 Å². The molecule has 2 heterocycles. The summed E-state index contributed by atoms with van der Waals surface area (Å²) in [5, 5.41) is 0. The van der Waals surface area contributed by atoms with Crippen molar-refractivity contribution >= 4 is 11.8 Å². The molecular weight excluding hydrogens is 304 g/mol. The number of hydrogen-bond donors (Lipinski definition) is 0. The molecule has 0 radical (unpaired) electrons. The molecule has 24 heavy (non-hydrogen) atoms. The summed E-state index contributed by atoms with van der Waals surface area (Å²) in [6, 6.07) is 13.1. The Morgan fingerprint density at radius 2 is 1.92 bits per heavy atom. The summed E-state index contributed by atoms with van der Waals surface area (Å²) in [5.74, 6) is 0.505. The molecule has 1 aromatic heterocycles. The van der Waals surface area contributed by atoms with Gasteiger partial charge in [0.15, 0.2) is 0 Å². The lowest BCUT2D eigenvalue weighted by Crippen LogP contribution is -2.35. The number of nitrogens with zero attached hydrogens (tertiary/aromatic N) is 2. The molecular formula is C19H20N2O3. The average Bonchev–Trinajstić information content (AvgIpc) is 2.80. The molecule has 1 saturated heterocycles. The number of likely N-dealkylation sites (tertiary alicyclic amines) is 1. The fraction of sp³-hybridized carbons (Fsp3) is 0.316. The van der Waals surface area contributed by atoms with E-state index in [0.717, 1.165) is 11.3 Å². The first-order chi connectivity index (χ1) is 11.5. The molecule has 0 saturated carbocycles. The molecule has 1 aromatic carbocycles. The van der Waals surface area contributed by atoms with Gasteiger partial charge in [0.2, 0.25) is 11.8 Å². The van der Waals surface area contributed by atoms with E-state index in [4.69, 9.17) is 4.74 Å². The van der Waals surface area contributed by atoms with E-state index in [0.29, 0.717) is 12.1 Å². The van der Waals surface area contributed by atoms with Crippen molar-refractivity contribution in [2.24, 2.45) is 5.41 Å². The highest BCUT2D eigenvalue weighted by atomic mass is 16.5. The van der Waals surface area contributed by atoms with Crippen molar-refractivity contribution in [3.05, 3.63) is 59.9 Å². The number of imide groups is 1. The molecule has 0 spiro atoms. The summed E-state index contributed by atoms with van der Waals surface area (Å²) in [6.07, 6.45) is 2.42. The monoisotopic (exact) mass is 324 g/mol. The second kappa shape index (κ2) is 6.43. The Labute approximate surface area is 141 Å². The molecule has 0 bridgehead atoms. The van der Waals surface area contributed by atoms with Crippen molar-refractivity contribution in [3.63, 3.8) is 0 Å². The first-order valence-corrected chi connectivity index (χ1v) is 7.89. The van der Waals surface area contributed by atoms with Gasteiger partial charge in [0.05, 0.1) is 24.8 Å². The van der Waals surface area contributed by atoms with Gasteiger partial charge in [-0.2, -0.15) is 0 Å². The zero-order valence-electron chi connectivity index (χ0n) is 13.9. The van der Waals surface area contributed by atoms with E-state index in [1.165, 1.54) is 4.90 Å². The van der Waals surface area contributed by atoms with Gasteiger partial charge in [0.1, 0.15) is 5.75 Å². The van der Waals surface area contributed by atoms with Crippen molar-refractivity contribution in [1.82, 2.24) is 9.88 Å². The maximum atomic E-state index is 12.8. The van der Waals surface area contributed by atoms with Crippen LogP contribution in [-0.2, 0) is 22.6 Å². The lowest BCUT2D eigenvalue weighted by Gasteiger charge is -2.22. The molecule has 1 aliphatic rings. The Hall–Kier alpha value is -2.69. The van der Waals surface area contributed by atoms with Crippen molar-refractivity contribution in [1.29, 1.82) is 0 Å². The number of hydrogen-bond acceptors (Lipinski definition) is 4. The zero-order valence-corrected chi connectivity index (χ0v) is 13.9. The summed E-state index contributed by atoms with van der Waals surface area (Å²) in [6.45, 7) is 2.09. The zero-order chi connectivity index (χ0) is 17.2. The van der Waals surface area contributed by atoms with Crippen LogP contribution in [0.4, 0.5) is 0 Å². The predicted molar refractivity (Wildman–Crippen MR) is 89.2 cm³/mol. The van der Waals surface area contributed by atoms with Crippen LogP contribution in [0.15, 0.2) is 48.7 Å². The number of methoxy groups -OCH3 is 1. The molecule has 1 fully saturated rings. The Bertz CT molecular complexity index is 743. The fourth-order valence-electron chi connectivity index (χ4n) is 3.09. The van der Waals surface area contributed by atoms with E-state index in [2.05, 4.69) is 4.98 Å². The Morgan fingerprint density at radius 3 is 2.54 bits per heavy atom. The third-order valence-corrected chi connectivity index (χ3v) is 4.40. The first kappa shape index (κ1) is 16.2. The smallest absolute Gasteiger partial charge is 0.236 e. The minimum absolute atomic E-state index is 0.131. The van der Waals surface area contributed by atoms with Crippen LogP contribution >= 0.6 is 0 Å². The lowest BCUT2D eigenvalue weighted by atomic mass is 9.82. The van der Waals surface area contributed by atoms with E-state index in [1.807, 2.05) is 49.4 Å². The summed E-state index contributed by atoms with van der Waals surface area (Å²) in [7, 11) is 1.62. The van der Waals surface area contributed by atoms with Crippen molar-refractivity contribution < 1.29 is 14.3 Å². The molecule has 2 aromatic rings. The predicted octanol–water partition coefficient (Wildman–Crippen LogP) is 2.60. The molecule has 2 amide bonds. The van der Waals surface area contributed by atoms with Gasteiger partial charge >= 0.3 is 0 Å². The fourth-order valence-corrected chi connectivity index (χ4v) is 3.09. The number of carbonyl (C=O) groups excluding carboxylic acids is 2. The quantitative estimate of drug-likeness (QED) is 0.793. The molecule has 0 N–H and O–H groups in total. The van der Waals surface area contributed by atoms with Gasteiger partial charge in [-0.05, 0) is 43.2 Å². The number of pyridine rings is 1. The molecule has 0 aliphatic carbocycles. The molecule has 3 rings (SSSR count). The minimum atomic E-state index is -0.708. The van der Waals surface area contributed by atoms with E-state index in [-0.39, 0.29) is 24.8 Å². The molecule has 1 unspecified atom stereocenters. The van der Waals surface area contributed by atoms with Crippen molar-refractivity contribution in [2.45, 2.75) is 26.3 Å². The maximum Gasteiger partial charge on any atom is 0.236 e. The van der Waals surface area contributed by atoms with Crippen molar-refractivity contribution in [3.8, 4) is 5.75 Å². The number of benzene rings is 1. The highest BCUT2D eigenvalue weighted by Gasteiger charge is 2.48. The molecule has 5 heteroatoms. The Morgan fingerprint density at radius 1 is 1.17 bits per heavy atom. The molecule has 5 nitrogen and oxygen atoms in total. The van der Waals surface area contributed by atoms with Crippen LogP contribution in [0.5, 0.6) is 5.75 Å². The van der Waals surface area contributed by atoms with Gasteiger partial charge in [-0.3, -0.25) is 19.5 Å². The summed E-state index contributed by atoms with van der Waals surface area (Å²) < 4.78 is 5.15. The SMILES string of the molecule is COc1ccc(CC2(C)CC(=O)N(Cc3ccccn3)C2=O)cc1. The number of ether oxygens (including phenoxy) is 1. The molecule has 1 aliphatic heterocycles. The third-order valence-electron chi connectivity index (χ3n) is 4.40. The van der Waals surface area contributed by atoms with Gasteiger partial charge in [-0.25, -0.2) is 0 Å². The lowest BCUT2D eigenvalue weighted by molar-refractivity contribution is -0.141. The maximum absolute atomic E-state index is 12.8. The minimum Gasteiger partial charge on any atom is -0.497 e. The van der Waals surface area contributed by atoms with Crippen LogP contribution < -0.4 is 4.74 Å². The first-order valence-electron chi connectivity index (χ1n) is 7.89. The van der Waals surface area contributed by atoms with Crippen LogP contribution in [0.1, 0.15) is 24.6 Å². The summed E-state index contributed by atoms with van der Waals surface area (Å²) in [5.41, 5.74) is 1.02. The number of rotatable bonds is 5. The second-order valence-electron chi connectivity index (χ2n) is 6.37. The van der Waals surface area contributed by atoms with Crippen molar-refractivity contribution in [2.75, 3.05) is 7.11 Å². The third kappa shape index (κ3) is 3.15. The van der Waals surface area contributed by atoms with E-state index < -0.39 is 5.41 Å². The standard InChI is InChI=1S/C19H20N2O3/c1-19(11-14-6-8-16(24-2)9-7-14)12-17(22)21(18(19)23)13-15-5-3-4-10-20-15/h3-10H,11-13H2,1-2H3. The molecule has 1 atom stereocenters. The van der Waals surface area contributed by atoms with E-state index >= 15 is 0 Å². The van der Waals surface area contributed by atoms with Crippen LogP contribution in [0.2, 0.25) is 0 Å². The number of aromatic nitrogens is 1. The van der Waals surface area contributed by atoms with Gasteiger partial charge in [-0.15, -0.1) is 0 Å². The van der Waals surface area contributed by atoms with E-state index in [1.54, 1.807) is 13.3 Å². The number of amides is 2. The Balaban J connectivity index is 1.76. The normalized spacial score (nSPS) is 20.5. The largest absolute Gasteiger partial charge is 0.497 e. The van der Waals surface area contributed by atoms with Gasteiger partial charge < -0.3 is 4.74 Å². The highest BCUT2D eigenvalue weighted by molar-refractivity contribution is 6.05. The van der Waals surface area contributed by atoms with Gasteiger partial charge in [-0.1, -0.05) is 18.2 Å². The second-order valence-corrected chi connectivity index (χ2v) is 6.37. The number of carbonyl (C=O) groups is 2. The Kier molecular flexibility index (Phi) is 4.34. The van der Waals surface area contributed by atoms with Gasteiger partial charge in [0.25, 0.3) is 0 Å². The van der Waals surface area contributed by atoms with Gasteiger partial charge in [0, 0.05) is 12.6 Å². The highest BCUT2D eigenvalue weighted by Crippen LogP contribution is 2.36. The van der Waals surface area contributed by atoms with Crippen LogP contribution in [-0.4, -0.2) is 28.8 Å². The van der Waals surface area contributed by atoms with Crippen LogP contribution in [0.3, 0.4) is 0 Å². The summed E-state index contributed by atoms with van der Waals surface area (Å²) >= 11 is 0. The molecule has 124 valence electrons. The average molecular weight is 324 g/mol. The topological polar surface area (TPSA) is 59.5 Å². The van der Waals surface area contributed by atoms with Crippen LogP contribution in [0, 0.1) is 5.41 Å².